The van der Waals surface area contributed by atoms with Gasteiger partial charge in [0.05, 0.1) is 0 Å². The molecule has 0 aromatic heterocycles. The largest absolute Gasteiger partial charge is 0.369 e. The Balaban J connectivity index is 1.75. The highest BCUT2D eigenvalue weighted by Gasteiger charge is 2.28. The van der Waals surface area contributed by atoms with Crippen LogP contribution in [0.4, 0.5) is 5.69 Å². The first-order chi connectivity index (χ1) is 9.78. The standard InChI is InChI=1S/C18H28N2/c1-14-11-16-9-5-6-10-18(16)20(12-14)13-17(19-2)15-7-3-4-8-15/h5-6,9-10,14-15,17,19H,3-4,7-8,11-13H2,1-2H3. The number of hydrogen-bond acceptors (Lipinski definition) is 2. The fourth-order valence-electron chi connectivity index (χ4n) is 4.15. The third-order valence-electron chi connectivity index (χ3n) is 5.19. The van der Waals surface area contributed by atoms with Crippen molar-refractivity contribution >= 4 is 5.69 Å². The number of anilines is 1. The third kappa shape index (κ3) is 2.85. The van der Waals surface area contributed by atoms with Crippen molar-refractivity contribution in [3.05, 3.63) is 29.8 Å². The zero-order valence-corrected chi connectivity index (χ0v) is 12.9. The van der Waals surface area contributed by atoms with E-state index in [1.165, 1.54) is 56.4 Å². The summed E-state index contributed by atoms with van der Waals surface area (Å²) >= 11 is 0. The van der Waals surface area contributed by atoms with Crippen LogP contribution in [0.3, 0.4) is 0 Å². The van der Waals surface area contributed by atoms with Gasteiger partial charge in [-0.25, -0.2) is 0 Å². The van der Waals surface area contributed by atoms with Crippen LogP contribution >= 0.6 is 0 Å². The number of likely N-dealkylation sites (N-methyl/N-ethyl adjacent to an activating group) is 1. The zero-order chi connectivity index (χ0) is 13.9. The number of benzene rings is 1. The molecule has 0 spiro atoms. The molecule has 2 atom stereocenters. The molecular weight excluding hydrogens is 244 g/mol. The molecule has 0 amide bonds. The van der Waals surface area contributed by atoms with Crippen LogP contribution in [0.25, 0.3) is 0 Å². The van der Waals surface area contributed by atoms with E-state index >= 15 is 0 Å². The normalized spacial score (nSPS) is 24.7. The van der Waals surface area contributed by atoms with Crippen LogP contribution in [-0.2, 0) is 6.42 Å². The Labute approximate surface area is 123 Å². The van der Waals surface area contributed by atoms with Crippen molar-refractivity contribution in [3.63, 3.8) is 0 Å². The van der Waals surface area contributed by atoms with Gasteiger partial charge in [-0.05, 0) is 49.8 Å². The summed E-state index contributed by atoms with van der Waals surface area (Å²) in [5, 5.41) is 3.60. The Kier molecular flexibility index (Phi) is 4.30. The van der Waals surface area contributed by atoms with E-state index in [0.717, 1.165) is 11.8 Å². The molecule has 0 bridgehead atoms. The summed E-state index contributed by atoms with van der Waals surface area (Å²) in [6, 6.07) is 9.63. The molecule has 2 nitrogen and oxygen atoms in total. The lowest BCUT2D eigenvalue weighted by Gasteiger charge is -2.38. The first-order valence-corrected chi connectivity index (χ1v) is 8.28. The third-order valence-corrected chi connectivity index (χ3v) is 5.19. The Morgan fingerprint density at radius 3 is 2.75 bits per heavy atom. The highest BCUT2D eigenvalue weighted by molar-refractivity contribution is 5.55. The van der Waals surface area contributed by atoms with Crippen LogP contribution in [-0.4, -0.2) is 26.2 Å². The van der Waals surface area contributed by atoms with Crippen molar-refractivity contribution in [2.24, 2.45) is 11.8 Å². The lowest BCUT2D eigenvalue weighted by Crippen LogP contribution is -2.46. The lowest BCUT2D eigenvalue weighted by molar-refractivity contribution is 0.368. The summed E-state index contributed by atoms with van der Waals surface area (Å²) in [5.41, 5.74) is 3.01. The van der Waals surface area contributed by atoms with Crippen molar-refractivity contribution in [2.75, 3.05) is 25.0 Å². The minimum Gasteiger partial charge on any atom is -0.369 e. The second-order valence-electron chi connectivity index (χ2n) is 6.78. The van der Waals surface area contributed by atoms with E-state index in [4.69, 9.17) is 0 Å². The van der Waals surface area contributed by atoms with Crippen molar-refractivity contribution in [3.8, 4) is 0 Å². The smallest absolute Gasteiger partial charge is 0.0399 e. The van der Waals surface area contributed by atoms with Crippen LogP contribution in [0, 0.1) is 11.8 Å². The van der Waals surface area contributed by atoms with Gasteiger partial charge in [0.2, 0.25) is 0 Å². The van der Waals surface area contributed by atoms with E-state index in [1.807, 2.05) is 0 Å². The second kappa shape index (κ2) is 6.17. The number of rotatable bonds is 4. The number of hydrogen-bond donors (Lipinski definition) is 1. The van der Waals surface area contributed by atoms with E-state index in [2.05, 4.69) is 48.5 Å². The van der Waals surface area contributed by atoms with Crippen molar-refractivity contribution in [1.82, 2.24) is 5.32 Å². The molecule has 1 heterocycles. The molecule has 1 aliphatic heterocycles. The van der Waals surface area contributed by atoms with Gasteiger partial charge in [0.25, 0.3) is 0 Å². The molecule has 1 aliphatic carbocycles. The Hall–Kier alpha value is -1.02. The fourth-order valence-corrected chi connectivity index (χ4v) is 4.15. The SMILES string of the molecule is CNC(CN1CC(C)Cc2ccccc21)C1CCCC1. The summed E-state index contributed by atoms with van der Waals surface area (Å²) in [4.78, 5) is 2.63. The van der Waals surface area contributed by atoms with Gasteiger partial charge in [-0.15, -0.1) is 0 Å². The maximum absolute atomic E-state index is 3.60. The monoisotopic (exact) mass is 272 g/mol. The summed E-state index contributed by atoms with van der Waals surface area (Å²) in [5.74, 6) is 1.65. The minimum absolute atomic E-state index is 0.649. The maximum Gasteiger partial charge on any atom is 0.0399 e. The van der Waals surface area contributed by atoms with Gasteiger partial charge in [-0.1, -0.05) is 38.0 Å². The first-order valence-electron chi connectivity index (χ1n) is 8.28. The molecule has 2 heteroatoms. The molecule has 20 heavy (non-hydrogen) atoms. The fraction of sp³-hybridized carbons (Fsp3) is 0.667. The van der Waals surface area contributed by atoms with Crippen LogP contribution in [0.5, 0.6) is 0 Å². The van der Waals surface area contributed by atoms with Crippen LogP contribution in [0.1, 0.15) is 38.2 Å². The Bertz CT molecular complexity index is 437. The number of fused-ring (bicyclic) bond motifs is 1. The van der Waals surface area contributed by atoms with Gasteiger partial charge < -0.3 is 10.2 Å². The van der Waals surface area contributed by atoms with Crippen LogP contribution in [0.2, 0.25) is 0 Å². The predicted octanol–water partition coefficient (Wildman–Crippen LogP) is 3.46. The molecule has 110 valence electrons. The van der Waals surface area contributed by atoms with Crippen molar-refractivity contribution in [2.45, 2.75) is 45.1 Å². The molecule has 0 saturated heterocycles. The van der Waals surface area contributed by atoms with E-state index in [1.54, 1.807) is 0 Å². The highest BCUT2D eigenvalue weighted by atomic mass is 15.2. The molecular formula is C18H28N2. The van der Waals surface area contributed by atoms with Gasteiger partial charge in [0, 0.05) is 24.8 Å². The van der Waals surface area contributed by atoms with Crippen LogP contribution in [0.15, 0.2) is 24.3 Å². The van der Waals surface area contributed by atoms with Gasteiger partial charge in [-0.3, -0.25) is 0 Å². The second-order valence-corrected chi connectivity index (χ2v) is 6.78. The first kappa shape index (κ1) is 13.9. The van der Waals surface area contributed by atoms with Crippen molar-refractivity contribution < 1.29 is 0 Å². The molecule has 3 rings (SSSR count). The topological polar surface area (TPSA) is 15.3 Å². The lowest BCUT2D eigenvalue weighted by atomic mass is 9.91. The number of nitrogens with zero attached hydrogens (tertiary/aromatic N) is 1. The highest BCUT2D eigenvalue weighted by Crippen LogP contribution is 2.32. The van der Waals surface area contributed by atoms with E-state index < -0.39 is 0 Å². The average molecular weight is 272 g/mol. The molecule has 2 aliphatic rings. The maximum atomic E-state index is 3.60. The summed E-state index contributed by atoms with van der Waals surface area (Å²) in [6.07, 6.45) is 6.92. The number of nitrogens with one attached hydrogen (secondary N) is 1. The summed E-state index contributed by atoms with van der Waals surface area (Å²) in [7, 11) is 2.14. The van der Waals surface area contributed by atoms with Gasteiger partial charge in [0.15, 0.2) is 0 Å². The Morgan fingerprint density at radius 1 is 1.25 bits per heavy atom. The molecule has 1 fully saturated rings. The van der Waals surface area contributed by atoms with Crippen molar-refractivity contribution in [1.29, 1.82) is 0 Å². The molecule has 1 aromatic carbocycles. The molecule has 2 unspecified atom stereocenters. The van der Waals surface area contributed by atoms with E-state index in [-0.39, 0.29) is 0 Å². The molecule has 0 radical (unpaired) electrons. The molecule has 1 N–H and O–H groups in total. The summed E-state index contributed by atoms with van der Waals surface area (Å²) < 4.78 is 0. The molecule has 1 saturated carbocycles. The quantitative estimate of drug-likeness (QED) is 0.903. The predicted molar refractivity (Wildman–Crippen MR) is 86.3 cm³/mol. The average Bonchev–Trinajstić information content (AvgIpc) is 2.98. The number of para-hydroxylation sites is 1. The molecule has 1 aromatic rings. The van der Waals surface area contributed by atoms with Gasteiger partial charge >= 0.3 is 0 Å². The zero-order valence-electron chi connectivity index (χ0n) is 12.9. The van der Waals surface area contributed by atoms with E-state index in [9.17, 15) is 0 Å². The van der Waals surface area contributed by atoms with E-state index in [0.29, 0.717) is 6.04 Å². The van der Waals surface area contributed by atoms with Gasteiger partial charge in [0.1, 0.15) is 0 Å². The minimum atomic E-state index is 0.649. The van der Waals surface area contributed by atoms with Crippen LogP contribution < -0.4 is 10.2 Å². The van der Waals surface area contributed by atoms with Gasteiger partial charge in [-0.2, -0.15) is 0 Å². The Morgan fingerprint density at radius 2 is 2.00 bits per heavy atom. The summed E-state index contributed by atoms with van der Waals surface area (Å²) in [6.45, 7) is 4.76.